The standard InChI is InChI=1S/C29H34F2N6O2.C5H9ClO2/c1-19-5-4-10-36(13-19)14-20-11-24(26(39)37(15-20)23-8-9-23)25(38)33-22-7-3-6-21(12-22)28(16-29(30,31)17-28)27-34-32-18-35(27)2;1-4(2)3-8-5(6)7/h3,6-7,11-12,15,18-19,23H,4-5,8-10,13-14,16-17H2,1-2H3,(H,33,38);4H,3H2,1-2H3/t19-;/m0./s1. The number of anilines is 1. The third-order valence-electron chi connectivity index (χ3n) is 8.90. The molecule has 6 rings (SSSR count). The molecule has 1 N–H and O–H groups in total. The van der Waals surface area contributed by atoms with E-state index in [1.54, 1.807) is 46.5 Å². The number of aromatic nitrogens is 4. The summed E-state index contributed by atoms with van der Waals surface area (Å²) >= 11 is 4.86. The summed E-state index contributed by atoms with van der Waals surface area (Å²) in [5, 5.41) is 10.9. The molecule has 3 aliphatic rings. The van der Waals surface area contributed by atoms with Crippen molar-refractivity contribution in [1.29, 1.82) is 0 Å². The summed E-state index contributed by atoms with van der Waals surface area (Å²) in [4.78, 5) is 39.1. The Morgan fingerprint density at radius 3 is 2.49 bits per heavy atom. The number of nitrogens with one attached hydrogen (secondary N) is 1. The van der Waals surface area contributed by atoms with E-state index in [1.807, 2.05) is 20.0 Å². The summed E-state index contributed by atoms with van der Waals surface area (Å²) in [5.74, 6) is -1.84. The molecule has 1 aliphatic heterocycles. The molecule has 1 saturated heterocycles. The summed E-state index contributed by atoms with van der Waals surface area (Å²) in [7, 11) is 1.74. The van der Waals surface area contributed by atoms with E-state index >= 15 is 0 Å². The number of amides is 1. The molecule has 0 spiro atoms. The molecule has 0 unspecified atom stereocenters. The summed E-state index contributed by atoms with van der Waals surface area (Å²) in [6.07, 6.45) is 6.89. The molecule has 2 saturated carbocycles. The van der Waals surface area contributed by atoms with Gasteiger partial charge in [0.15, 0.2) is 0 Å². The molecular weight excluding hydrogens is 630 g/mol. The van der Waals surface area contributed by atoms with E-state index in [4.69, 9.17) is 11.6 Å². The lowest BCUT2D eigenvalue weighted by molar-refractivity contribution is -0.116. The minimum atomic E-state index is -2.80. The molecule has 3 aromatic rings. The maximum absolute atomic E-state index is 14.2. The molecule has 1 aromatic carbocycles. The molecular formula is C34H43ClF2N6O4. The van der Waals surface area contributed by atoms with Crippen LogP contribution in [0.2, 0.25) is 0 Å². The molecule has 2 aromatic heterocycles. The first kappa shape index (κ1) is 34.7. The van der Waals surface area contributed by atoms with E-state index in [1.165, 1.54) is 12.7 Å². The quantitative estimate of drug-likeness (QED) is 0.257. The Balaban J connectivity index is 0.000000483. The summed E-state index contributed by atoms with van der Waals surface area (Å²) in [5.41, 5.74) is 0.113. The fraction of sp³-hybridized carbons (Fsp3) is 0.559. The van der Waals surface area contributed by atoms with Crippen LogP contribution in [0.25, 0.3) is 0 Å². The number of halogens is 3. The smallest absolute Gasteiger partial charge is 0.403 e. The second-order valence-corrected chi connectivity index (χ2v) is 14.0. The average molecular weight is 673 g/mol. The second kappa shape index (κ2) is 14.2. The van der Waals surface area contributed by atoms with E-state index < -0.39 is 22.7 Å². The van der Waals surface area contributed by atoms with Gasteiger partial charge >= 0.3 is 5.43 Å². The Morgan fingerprint density at radius 2 is 1.91 bits per heavy atom. The molecule has 254 valence electrons. The lowest BCUT2D eigenvalue weighted by Crippen LogP contribution is -2.51. The van der Waals surface area contributed by atoms with Gasteiger partial charge in [-0.3, -0.25) is 14.5 Å². The highest BCUT2D eigenvalue weighted by atomic mass is 35.5. The maximum atomic E-state index is 14.2. The van der Waals surface area contributed by atoms with E-state index in [0.717, 1.165) is 37.9 Å². The van der Waals surface area contributed by atoms with E-state index in [0.29, 0.717) is 42.1 Å². The van der Waals surface area contributed by atoms with Crippen molar-refractivity contribution in [3.63, 3.8) is 0 Å². The van der Waals surface area contributed by atoms with Crippen LogP contribution in [0, 0.1) is 11.8 Å². The Morgan fingerprint density at radius 1 is 1.17 bits per heavy atom. The number of hydrogen-bond acceptors (Lipinski definition) is 7. The van der Waals surface area contributed by atoms with Crippen LogP contribution in [0.4, 0.5) is 19.3 Å². The van der Waals surface area contributed by atoms with Gasteiger partial charge in [0.2, 0.25) is 0 Å². The molecule has 3 fully saturated rings. The fourth-order valence-corrected chi connectivity index (χ4v) is 6.65. The minimum absolute atomic E-state index is 0.105. The van der Waals surface area contributed by atoms with Crippen LogP contribution in [0.3, 0.4) is 0 Å². The maximum Gasteiger partial charge on any atom is 0.403 e. The van der Waals surface area contributed by atoms with Crippen molar-refractivity contribution in [3.8, 4) is 0 Å². The van der Waals surface area contributed by atoms with Gasteiger partial charge in [-0.15, -0.1) is 10.2 Å². The number of ether oxygens (including phenoxy) is 1. The molecule has 13 heteroatoms. The van der Waals surface area contributed by atoms with Crippen LogP contribution >= 0.6 is 11.6 Å². The number of rotatable bonds is 9. The van der Waals surface area contributed by atoms with Gasteiger partial charge in [0.1, 0.15) is 17.7 Å². The highest BCUT2D eigenvalue weighted by molar-refractivity contribution is 6.61. The first-order valence-electron chi connectivity index (χ1n) is 16.2. The summed E-state index contributed by atoms with van der Waals surface area (Å²) < 4.78 is 36.2. The van der Waals surface area contributed by atoms with Crippen molar-refractivity contribution in [2.45, 2.75) is 83.2 Å². The number of pyridine rings is 1. The predicted molar refractivity (Wildman–Crippen MR) is 175 cm³/mol. The second-order valence-electron chi connectivity index (χ2n) is 13.7. The number of aryl methyl sites for hydroxylation is 1. The molecule has 0 bridgehead atoms. The van der Waals surface area contributed by atoms with Gasteiger partial charge in [-0.05, 0) is 73.4 Å². The van der Waals surface area contributed by atoms with Crippen LogP contribution in [-0.4, -0.2) is 61.2 Å². The number of carbonyl (C=O) groups is 2. The third kappa shape index (κ3) is 8.45. The summed E-state index contributed by atoms with van der Waals surface area (Å²) in [6, 6.07) is 8.78. The number of carbonyl (C=O) groups excluding carboxylic acids is 2. The zero-order chi connectivity index (χ0) is 33.9. The monoisotopic (exact) mass is 672 g/mol. The third-order valence-corrected chi connectivity index (χ3v) is 9.00. The number of likely N-dealkylation sites (tertiary alicyclic amines) is 1. The van der Waals surface area contributed by atoms with Crippen LogP contribution in [-0.2, 0) is 23.7 Å². The number of nitrogens with zero attached hydrogens (tertiary/aromatic N) is 5. The number of hydrogen-bond donors (Lipinski definition) is 1. The predicted octanol–water partition coefficient (Wildman–Crippen LogP) is 6.53. The van der Waals surface area contributed by atoms with Gasteiger partial charge in [0.25, 0.3) is 17.4 Å². The van der Waals surface area contributed by atoms with E-state index in [-0.39, 0.29) is 30.0 Å². The molecule has 47 heavy (non-hydrogen) atoms. The lowest BCUT2D eigenvalue weighted by Gasteiger charge is -2.46. The van der Waals surface area contributed by atoms with Crippen molar-refractivity contribution in [2.75, 3.05) is 25.0 Å². The van der Waals surface area contributed by atoms with Crippen LogP contribution < -0.4 is 10.9 Å². The van der Waals surface area contributed by atoms with Crippen LogP contribution in [0.15, 0.2) is 47.7 Å². The van der Waals surface area contributed by atoms with Crippen molar-refractivity contribution in [3.05, 3.63) is 75.7 Å². The van der Waals surface area contributed by atoms with E-state index in [9.17, 15) is 23.2 Å². The van der Waals surface area contributed by atoms with Crippen LogP contribution in [0.5, 0.6) is 0 Å². The zero-order valence-corrected chi connectivity index (χ0v) is 28.1. The van der Waals surface area contributed by atoms with Gasteiger partial charge in [-0.1, -0.05) is 32.9 Å². The van der Waals surface area contributed by atoms with Crippen molar-refractivity contribution < 1.29 is 23.1 Å². The SMILES string of the molecule is CC(C)COC(=O)Cl.C[C@H]1CCCN(Cc2cc(C(=O)Nc3cccc(C4(c5nncn5C)CC(F)(F)C4)c3)c(=O)n(C3CC3)c2)C1. The molecule has 10 nitrogen and oxygen atoms in total. The average Bonchev–Trinajstić information content (AvgIpc) is 3.75. The van der Waals surface area contributed by atoms with Crippen molar-refractivity contribution >= 4 is 28.6 Å². The summed E-state index contributed by atoms with van der Waals surface area (Å²) in [6.45, 7) is 9.25. The Labute approximate surface area is 278 Å². The molecule has 0 radical (unpaired) electrons. The Hall–Kier alpha value is -3.64. The van der Waals surface area contributed by atoms with Crippen molar-refractivity contribution in [1.82, 2.24) is 24.2 Å². The number of piperidine rings is 1. The Kier molecular flexibility index (Phi) is 10.5. The van der Waals surface area contributed by atoms with Crippen molar-refractivity contribution in [2.24, 2.45) is 18.9 Å². The van der Waals surface area contributed by atoms with Gasteiger partial charge in [-0.2, -0.15) is 0 Å². The van der Waals surface area contributed by atoms with Gasteiger partial charge < -0.3 is 19.2 Å². The topological polar surface area (TPSA) is 111 Å². The largest absolute Gasteiger partial charge is 0.453 e. The molecule has 3 heterocycles. The normalized spacial score (nSPS) is 20.1. The Bertz CT molecular complexity index is 1650. The highest BCUT2D eigenvalue weighted by Gasteiger charge is 2.60. The van der Waals surface area contributed by atoms with Gasteiger partial charge in [0.05, 0.1) is 12.0 Å². The molecule has 2 aliphatic carbocycles. The van der Waals surface area contributed by atoms with Gasteiger partial charge in [-0.25, -0.2) is 13.6 Å². The number of alkyl halides is 2. The molecule has 1 amide bonds. The highest BCUT2D eigenvalue weighted by Crippen LogP contribution is 2.56. The lowest BCUT2D eigenvalue weighted by atomic mass is 9.61. The van der Waals surface area contributed by atoms with Gasteiger partial charge in [0, 0.05) is 62.5 Å². The van der Waals surface area contributed by atoms with Crippen LogP contribution in [0.1, 0.15) is 92.6 Å². The first-order valence-corrected chi connectivity index (χ1v) is 16.6. The van der Waals surface area contributed by atoms with E-state index in [2.05, 4.69) is 32.1 Å². The number of benzene rings is 1. The zero-order valence-electron chi connectivity index (χ0n) is 27.3. The minimum Gasteiger partial charge on any atom is -0.453 e. The first-order chi connectivity index (χ1) is 22.3. The fourth-order valence-electron chi connectivity index (χ4n) is 6.59. The molecule has 1 atom stereocenters.